The minimum atomic E-state index is -1.02. The molecule has 1 atom stereocenters. The van der Waals surface area contributed by atoms with Crippen LogP contribution >= 0.6 is 0 Å². The Morgan fingerprint density at radius 2 is 1.87 bits per heavy atom. The highest BCUT2D eigenvalue weighted by Gasteiger charge is 2.37. The third-order valence-corrected chi connectivity index (χ3v) is 4.75. The van der Waals surface area contributed by atoms with Crippen LogP contribution in [-0.4, -0.2) is 28.6 Å². The van der Waals surface area contributed by atoms with E-state index in [9.17, 15) is 9.59 Å². The first-order valence-corrected chi connectivity index (χ1v) is 7.97. The van der Waals surface area contributed by atoms with Gasteiger partial charge in [0.15, 0.2) is 0 Å². The van der Waals surface area contributed by atoms with E-state index in [0.717, 1.165) is 41.5 Å². The maximum absolute atomic E-state index is 12.9. The molecule has 1 N–H and O–H groups in total. The van der Waals surface area contributed by atoms with Crippen molar-refractivity contribution in [2.45, 2.75) is 46.1 Å². The minimum Gasteiger partial charge on any atom is -0.480 e. The van der Waals surface area contributed by atoms with E-state index in [1.54, 1.807) is 0 Å². The molecule has 1 aromatic carbocycles. The standard InChI is InChI=1S/C19H21NO3/c1-11(18(22)23)20-16-13-7-5-4-6-12(13)15-10-19(2,3)9-8-14(15)17(16)21/h4-7,11H,8-10H2,1-3H3,(H,22,23)/t11-/m0/s1. The average Bonchev–Trinajstić information content (AvgIpc) is 2.50. The van der Waals surface area contributed by atoms with Crippen molar-refractivity contribution in [1.29, 1.82) is 0 Å². The summed E-state index contributed by atoms with van der Waals surface area (Å²) < 4.78 is 0. The first-order chi connectivity index (χ1) is 10.8. The van der Waals surface area contributed by atoms with Gasteiger partial charge in [0.05, 0.1) is 0 Å². The molecule has 4 nitrogen and oxygen atoms in total. The number of hydrogen-bond acceptors (Lipinski definition) is 3. The Morgan fingerprint density at radius 1 is 1.22 bits per heavy atom. The van der Waals surface area contributed by atoms with E-state index in [4.69, 9.17) is 5.11 Å². The number of Topliss-reactive ketones (excluding diaryl/α,β-unsaturated/α-hetero) is 1. The second-order valence-electron chi connectivity index (χ2n) is 7.16. The summed E-state index contributed by atoms with van der Waals surface area (Å²) in [6, 6.07) is 6.78. The summed E-state index contributed by atoms with van der Waals surface area (Å²) in [5.41, 5.74) is 4.21. The van der Waals surface area contributed by atoms with Gasteiger partial charge < -0.3 is 5.11 Å². The second kappa shape index (κ2) is 5.44. The van der Waals surface area contributed by atoms with Crippen molar-refractivity contribution in [3.63, 3.8) is 0 Å². The molecule has 2 aliphatic carbocycles. The highest BCUT2D eigenvalue weighted by molar-refractivity contribution is 6.54. The van der Waals surface area contributed by atoms with Crippen molar-refractivity contribution in [3.05, 3.63) is 41.0 Å². The quantitative estimate of drug-likeness (QED) is 0.909. The topological polar surface area (TPSA) is 66.7 Å². The molecule has 2 aliphatic rings. The number of carbonyl (C=O) groups excluding carboxylic acids is 1. The summed E-state index contributed by atoms with van der Waals surface area (Å²) in [6.07, 6.45) is 2.56. The summed E-state index contributed by atoms with van der Waals surface area (Å²) in [4.78, 5) is 28.3. The molecular formula is C19H21NO3. The lowest BCUT2D eigenvalue weighted by atomic mass is 9.68. The Morgan fingerprint density at radius 3 is 2.52 bits per heavy atom. The molecule has 3 rings (SSSR count). The average molecular weight is 311 g/mol. The molecule has 0 saturated carbocycles. The molecule has 0 spiro atoms. The number of hydrogen-bond donors (Lipinski definition) is 1. The lowest BCUT2D eigenvalue weighted by Gasteiger charge is -2.36. The van der Waals surface area contributed by atoms with Gasteiger partial charge in [0.2, 0.25) is 5.78 Å². The van der Waals surface area contributed by atoms with Gasteiger partial charge in [-0.15, -0.1) is 0 Å². The zero-order valence-electron chi connectivity index (χ0n) is 13.7. The number of aliphatic imine (C=N–C) groups is 1. The lowest BCUT2D eigenvalue weighted by Crippen LogP contribution is -2.31. The van der Waals surface area contributed by atoms with Crippen molar-refractivity contribution in [2.75, 3.05) is 0 Å². The Hall–Kier alpha value is -2.23. The molecule has 0 amide bonds. The maximum atomic E-state index is 12.9. The van der Waals surface area contributed by atoms with Crippen LogP contribution < -0.4 is 0 Å². The smallest absolute Gasteiger partial charge is 0.328 e. The minimum absolute atomic E-state index is 0.0951. The van der Waals surface area contributed by atoms with Gasteiger partial charge in [-0.25, -0.2) is 4.79 Å². The monoisotopic (exact) mass is 311 g/mol. The van der Waals surface area contributed by atoms with Gasteiger partial charge in [-0.3, -0.25) is 9.79 Å². The highest BCUT2D eigenvalue weighted by Crippen LogP contribution is 2.46. The van der Waals surface area contributed by atoms with Crippen molar-refractivity contribution in [2.24, 2.45) is 10.4 Å². The first kappa shape index (κ1) is 15.7. The molecule has 4 heteroatoms. The molecule has 23 heavy (non-hydrogen) atoms. The number of nitrogens with zero attached hydrogens (tertiary/aromatic N) is 1. The molecule has 0 heterocycles. The second-order valence-corrected chi connectivity index (χ2v) is 7.16. The number of carbonyl (C=O) groups is 2. The molecule has 1 aromatic rings. The predicted octanol–water partition coefficient (Wildman–Crippen LogP) is 3.50. The largest absolute Gasteiger partial charge is 0.480 e. The van der Waals surface area contributed by atoms with E-state index in [2.05, 4.69) is 18.8 Å². The van der Waals surface area contributed by atoms with E-state index in [-0.39, 0.29) is 11.2 Å². The number of allylic oxidation sites excluding steroid dienone is 2. The van der Waals surface area contributed by atoms with Gasteiger partial charge in [-0.2, -0.15) is 0 Å². The van der Waals surface area contributed by atoms with Crippen LogP contribution in [0.2, 0.25) is 0 Å². The summed E-state index contributed by atoms with van der Waals surface area (Å²) in [5.74, 6) is -1.12. The van der Waals surface area contributed by atoms with Gasteiger partial charge >= 0.3 is 5.97 Å². The third kappa shape index (κ3) is 2.74. The van der Waals surface area contributed by atoms with Gasteiger partial charge in [-0.05, 0) is 42.7 Å². The Balaban J connectivity index is 2.17. The number of carboxylic acids is 1. The molecular weight excluding hydrogens is 290 g/mol. The van der Waals surface area contributed by atoms with E-state index >= 15 is 0 Å². The first-order valence-electron chi connectivity index (χ1n) is 7.97. The van der Waals surface area contributed by atoms with Crippen LogP contribution in [-0.2, 0) is 9.59 Å². The summed E-state index contributed by atoms with van der Waals surface area (Å²) in [6.45, 7) is 5.94. The van der Waals surface area contributed by atoms with Crippen molar-refractivity contribution < 1.29 is 14.7 Å². The Labute approximate surface area is 135 Å². The van der Waals surface area contributed by atoms with Crippen molar-refractivity contribution >= 4 is 23.0 Å². The highest BCUT2D eigenvalue weighted by atomic mass is 16.4. The molecule has 0 bridgehead atoms. The maximum Gasteiger partial charge on any atom is 0.328 e. The van der Waals surface area contributed by atoms with Gasteiger partial charge in [-0.1, -0.05) is 38.1 Å². The van der Waals surface area contributed by atoms with Gasteiger partial charge in [0.25, 0.3) is 0 Å². The third-order valence-electron chi connectivity index (χ3n) is 4.75. The SMILES string of the molecule is C[C@H](N=C1C(=O)C2=C(CC(C)(C)CC2)c2ccccc21)C(=O)O. The number of fused-ring (bicyclic) bond motifs is 2. The van der Waals surface area contributed by atoms with Crippen LogP contribution in [0, 0.1) is 5.41 Å². The van der Waals surface area contributed by atoms with E-state index in [0.29, 0.717) is 5.71 Å². The molecule has 0 unspecified atom stereocenters. The van der Waals surface area contributed by atoms with Crippen molar-refractivity contribution in [3.8, 4) is 0 Å². The zero-order chi connectivity index (χ0) is 16.8. The Bertz CT molecular complexity index is 756. The van der Waals surface area contributed by atoms with Crippen LogP contribution in [0.4, 0.5) is 0 Å². The molecule has 120 valence electrons. The fourth-order valence-electron chi connectivity index (χ4n) is 3.39. The van der Waals surface area contributed by atoms with Crippen LogP contribution in [0.3, 0.4) is 0 Å². The molecule has 0 fully saturated rings. The number of rotatable bonds is 2. The predicted molar refractivity (Wildman–Crippen MR) is 89.6 cm³/mol. The summed E-state index contributed by atoms with van der Waals surface area (Å²) in [5, 5.41) is 9.12. The fourth-order valence-corrected chi connectivity index (χ4v) is 3.39. The summed E-state index contributed by atoms with van der Waals surface area (Å²) in [7, 11) is 0. The number of benzene rings is 1. The zero-order valence-corrected chi connectivity index (χ0v) is 13.7. The van der Waals surface area contributed by atoms with Crippen molar-refractivity contribution in [1.82, 2.24) is 0 Å². The van der Waals surface area contributed by atoms with Crippen LogP contribution in [0.25, 0.3) is 5.57 Å². The normalized spacial score (nSPS) is 22.6. The molecule has 0 radical (unpaired) electrons. The summed E-state index contributed by atoms with van der Waals surface area (Å²) >= 11 is 0. The molecule has 0 aromatic heterocycles. The molecule has 0 aliphatic heterocycles. The number of ketones is 1. The molecule has 0 saturated heterocycles. The Kier molecular flexibility index (Phi) is 3.71. The van der Waals surface area contributed by atoms with E-state index < -0.39 is 12.0 Å². The number of carboxylic acid groups (broad SMARTS) is 1. The van der Waals surface area contributed by atoms with Gasteiger partial charge in [0, 0.05) is 11.1 Å². The van der Waals surface area contributed by atoms with Crippen LogP contribution in [0.15, 0.2) is 34.8 Å². The van der Waals surface area contributed by atoms with Crippen LogP contribution in [0.1, 0.15) is 51.2 Å². The lowest BCUT2D eigenvalue weighted by molar-refractivity contribution is -0.137. The fraction of sp³-hybridized carbons (Fsp3) is 0.421. The van der Waals surface area contributed by atoms with E-state index in [1.165, 1.54) is 6.92 Å². The van der Waals surface area contributed by atoms with Crippen LogP contribution in [0.5, 0.6) is 0 Å². The van der Waals surface area contributed by atoms with E-state index in [1.807, 2.05) is 24.3 Å². The number of aliphatic carboxylic acids is 1. The van der Waals surface area contributed by atoms with Gasteiger partial charge in [0.1, 0.15) is 11.8 Å².